The summed E-state index contributed by atoms with van der Waals surface area (Å²) in [5.74, 6) is 0.766. The third-order valence-corrected chi connectivity index (χ3v) is 2.93. The molecule has 1 aromatic carbocycles. The molecule has 1 aromatic rings. The van der Waals surface area contributed by atoms with E-state index in [1.165, 1.54) is 0 Å². The monoisotopic (exact) mass is 254 g/mol. The Labute approximate surface area is 105 Å². The Kier molecular flexibility index (Phi) is 3.81. The molecule has 2 atom stereocenters. The van der Waals surface area contributed by atoms with Gasteiger partial charge in [-0.25, -0.2) is 4.39 Å². The lowest BCUT2D eigenvalue weighted by Gasteiger charge is -2.08. The average molecular weight is 254 g/mol. The number of rotatable bonds is 7. The zero-order chi connectivity index (χ0) is 13.0. The fraction of sp³-hybridized carbons (Fsp3) is 0.462. The summed E-state index contributed by atoms with van der Waals surface area (Å²) in [4.78, 5) is 10.1. The summed E-state index contributed by atoms with van der Waals surface area (Å²) >= 11 is 0. The first kappa shape index (κ1) is 12.8. The number of benzene rings is 1. The van der Waals surface area contributed by atoms with Crippen molar-refractivity contribution in [3.63, 3.8) is 0 Å². The van der Waals surface area contributed by atoms with Crippen molar-refractivity contribution in [2.75, 3.05) is 13.7 Å². The van der Waals surface area contributed by atoms with Crippen LogP contribution in [0.25, 0.3) is 0 Å². The van der Waals surface area contributed by atoms with Crippen LogP contribution in [-0.4, -0.2) is 32.0 Å². The first-order valence-corrected chi connectivity index (χ1v) is 5.66. The smallest absolute Gasteiger partial charge is 0.293 e. The standard InChI is InChI=1S/C13H15FO4/c1-16-11-4-2-10(3-5-11)7-17-8-13(14)6-12(13)18-9-15/h2-5,9,12H,6-8H2,1H3. The molecule has 1 saturated carbocycles. The second-order valence-electron chi connectivity index (χ2n) is 4.30. The van der Waals surface area contributed by atoms with Crippen LogP contribution in [0.1, 0.15) is 12.0 Å². The minimum absolute atomic E-state index is 0.0580. The van der Waals surface area contributed by atoms with Crippen molar-refractivity contribution in [1.82, 2.24) is 0 Å². The molecule has 0 spiro atoms. The zero-order valence-corrected chi connectivity index (χ0v) is 10.1. The zero-order valence-electron chi connectivity index (χ0n) is 10.1. The maximum Gasteiger partial charge on any atom is 0.293 e. The van der Waals surface area contributed by atoms with Gasteiger partial charge in [0.2, 0.25) is 0 Å². The van der Waals surface area contributed by atoms with E-state index in [4.69, 9.17) is 9.47 Å². The van der Waals surface area contributed by atoms with Crippen LogP contribution in [0.5, 0.6) is 5.75 Å². The van der Waals surface area contributed by atoms with E-state index in [1.54, 1.807) is 7.11 Å². The highest BCUT2D eigenvalue weighted by molar-refractivity contribution is 5.39. The first-order valence-electron chi connectivity index (χ1n) is 5.66. The van der Waals surface area contributed by atoms with Gasteiger partial charge in [0.1, 0.15) is 11.9 Å². The third-order valence-electron chi connectivity index (χ3n) is 2.93. The fourth-order valence-electron chi connectivity index (χ4n) is 1.70. The van der Waals surface area contributed by atoms with E-state index in [2.05, 4.69) is 4.74 Å². The number of carbonyl (C=O) groups is 1. The van der Waals surface area contributed by atoms with Crippen molar-refractivity contribution in [1.29, 1.82) is 0 Å². The quantitative estimate of drug-likeness (QED) is 0.697. The number of methoxy groups -OCH3 is 1. The molecule has 98 valence electrons. The molecular formula is C13H15FO4. The van der Waals surface area contributed by atoms with Gasteiger partial charge in [0, 0.05) is 6.42 Å². The van der Waals surface area contributed by atoms with Crippen molar-refractivity contribution >= 4 is 6.47 Å². The van der Waals surface area contributed by atoms with Gasteiger partial charge in [0.25, 0.3) is 6.47 Å². The molecule has 18 heavy (non-hydrogen) atoms. The highest BCUT2D eigenvalue weighted by atomic mass is 19.1. The van der Waals surface area contributed by atoms with Gasteiger partial charge >= 0.3 is 0 Å². The summed E-state index contributed by atoms with van der Waals surface area (Å²) in [7, 11) is 1.60. The molecule has 1 aliphatic rings. The van der Waals surface area contributed by atoms with E-state index in [9.17, 15) is 9.18 Å². The Morgan fingerprint density at radius 1 is 1.44 bits per heavy atom. The first-order chi connectivity index (χ1) is 8.68. The highest BCUT2D eigenvalue weighted by Crippen LogP contribution is 2.43. The molecule has 0 amide bonds. The van der Waals surface area contributed by atoms with E-state index in [0.717, 1.165) is 11.3 Å². The van der Waals surface area contributed by atoms with Crippen LogP contribution in [0.2, 0.25) is 0 Å². The normalized spacial score (nSPS) is 25.6. The van der Waals surface area contributed by atoms with Crippen LogP contribution in [0.4, 0.5) is 4.39 Å². The van der Waals surface area contributed by atoms with Crippen LogP contribution >= 0.6 is 0 Å². The van der Waals surface area contributed by atoms with E-state index in [0.29, 0.717) is 6.61 Å². The Morgan fingerprint density at radius 3 is 2.78 bits per heavy atom. The van der Waals surface area contributed by atoms with Gasteiger partial charge in [-0.15, -0.1) is 0 Å². The molecule has 1 aliphatic carbocycles. The molecular weight excluding hydrogens is 239 g/mol. The van der Waals surface area contributed by atoms with Crippen LogP contribution in [-0.2, 0) is 20.9 Å². The number of hydrogen-bond donors (Lipinski definition) is 0. The summed E-state index contributed by atoms with van der Waals surface area (Å²) in [6.07, 6.45) is -0.431. The highest BCUT2D eigenvalue weighted by Gasteiger charge is 2.58. The average Bonchev–Trinajstić information content (AvgIpc) is 3.01. The second-order valence-corrected chi connectivity index (χ2v) is 4.30. The van der Waals surface area contributed by atoms with E-state index < -0.39 is 11.8 Å². The largest absolute Gasteiger partial charge is 0.497 e. The lowest BCUT2D eigenvalue weighted by Crippen LogP contribution is -2.17. The fourth-order valence-corrected chi connectivity index (χ4v) is 1.70. The van der Waals surface area contributed by atoms with E-state index in [1.807, 2.05) is 24.3 Å². The Balaban J connectivity index is 1.73. The Hall–Kier alpha value is -1.62. The van der Waals surface area contributed by atoms with Crippen molar-refractivity contribution in [3.8, 4) is 5.75 Å². The molecule has 5 heteroatoms. The summed E-state index contributed by atoms with van der Waals surface area (Å²) < 4.78 is 28.6. The number of halogens is 1. The molecule has 0 N–H and O–H groups in total. The van der Waals surface area contributed by atoms with Gasteiger partial charge in [-0.05, 0) is 17.7 Å². The van der Waals surface area contributed by atoms with Gasteiger partial charge < -0.3 is 14.2 Å². The summed E-state index contributed by atoms with van der Waals surface area (Å²) in [6.45, 7) is 0.538. The molecule has 0 aromatic heterocycles. The van der Waals surface area contributed by atoms with Crippen molar-refractivity contribution < 1.29 is 23.4 Å². The minimum atomic E-state index is -1.51. The van der Waals surface area contributed by atoms with Gasteiger partial charge in [-0.3, -0.25) is 4.79 Å². The van der Waals surface area contributed by atoms with Gasteiger partial charge in [-0.1, -0.05) is 12.1 Å². The molecule has 2 rings (SSSR count). The number of carbonyl (C=O) groups excluding carboxylic acids is 1. The third kappa shape index (κ3) is 2.98. The second kappa shape index (κ2) is 5.35. The molecule has 0 bridgehead atoms. The maximum atomic E-state index is 13.7. The summed E-state index contributed by atoms with van der Waals surface area (Å²) in [6, 6.07) is 7.35. The summed E-state index contributed by atoms with van der Waals surface area (Å²) in [5, 5.41) is 0. The lowest BCUT2D eigenvalue weighted by atomic mass is 10.2. The molecule has 0 radical (unpaired) electrons. The predicted molar refractivity (Wildman–Crippen MR) is 62.0 cm³/mol. The van der Waals surface area contributed by atoms with Crippen molar-refractivity contribution in [3.05, 3.63) is 29.8 Å². The number of ether oxygens (including phenoxy) is 3. The lowest BCUT2D eigenvalue weighted by molar-refractivity contribution is -0.131. The minimum Gasteiger partial charge on any atom is -0.497 e. The number of hydrogen-bond acceptors (Lipinski definition) is 4. The maximum absolute atomic E-state index is 13.7. The van der Waals surface area contributed by atoms with Crippen LogP contribution in [0.3, 0.4) is 0 Å². The van der Waals surface area contributed by atoms with Gasteiger partial charge in [0.15, 0.2) is 5.67 Å². The molecule has 2 unspecified atom stereocenters. The number of alkyl halides is 1. The van der Waals surface area contributed by atoms with Crippen LogP contribution < -0.4 is 4.74 Å². The van der Waals surface area contributed by atoms with Crippen LogP contribution in [0, 0.1) is 0 Å². The van der Waals surface area contributed by atoms with Crippen molar-refractivity contribution in [2.45, 2.75) is 24.8 Å². The van der Waals surface area contributed by atoms with Crippen molar-refractivity contribution in [2.24, 2.45) is 0 Å². The van der Waals surface area contributed by atoms with Gasteiger partial charge in [0.05, 0.1) is 20.3 Å². The molecule has 0 heterocycles. The summed E-state index contributed by atoms with van der Waals surface area (Å²) in [5.41, 5.74) is -0.569. The van der Waals surface area contributed by atoms with Crippen LogP contribution in [0.15, 0.2) is 24.3 Å². The topological polar surface area (TPSA) is 44.8 Å². The molecule has 0 aliphatic heterocycles. The Morgan fingerprint density at radius 2 is 2.17 bits per heavy atom. The van der Waals surface area contributed by atoms with E-state index in [-0.39, 0.29) is 19.5 Å². The van der Waals surface area contributed by atoms with Gasteiger partial charge in [-0.2, -0.15) is 0 Å². The SMILES string of the molecule is COc1ccc(COCC2(F)CC2OC=O)cc1. The predicted octanol–water partition coefficient (Wildman–Crippen LogP) is 1.87. The Bertz CT molecular complexity index is 406. The van der Waals surface area contributed by atoms with E-state index >= 15 is 0 Å². The molecule has 0 saturated heterocycles. The molecule has 1 fully saturated rings. The molecule has 4 nitrogen and oxygen atoms in total.